The van der Waals surface area contributed by atoms with E-state index in [1.807, 2.05) is 33.8 Å². The number of imide groups is 1. The van der Waals surface area contributed by atoms with Crippen LogP contribution in [0.3, 0.4) is 0 Å². The summed E-state index contributed by atoms with van der Waals surface area (Å²) in [6, 6.07) is 7.95. The first-order chi connectivity index (χ1) is 50.6. The number of methoxy groups -OCH3 is 2. The maximum atomic E-state index is 15.1. The molecule has 1 aromatic heterocycles. The number of nitrogens with one attached hydrogen (secondary N) is 3. The van der Waals surface area contributed by atoms with Crippen LogP contribution in [-0.2, 0) is 75.0 Å². The third-order valence-corrected chi connectivity index (χ3v) is 20.3. The van der Waals surface area contributed by atoms with E-state index < -0.39 is 143 Å². The number of aliphatic carboxylic acids is 1. The molecular weight excluding hydrogens is 1390 g/mol. The number of hydrogen-bond acceptors (Lipinski definition) is 23. The number of likely N-dealkylation sites (N-methyl/N-ethyl adjacent to an activating group) is 2. The Morgan fingerprint density at radius 3 is 2.10 bits per heavy atom. The Bertz CT molecular complexity index is 3440. The fourth-order valence-electron chi connectivity index (χ4n) is 14.0. The molecule has 3 saturated heterocycles. The minimum atomic E-state index is -2.10. The average Bonchev–Trinajstić information content (AvgIpc) is 1.54. The number of unbranched alkanes of at least 4 members (excludes halogenated alkanes) is 2. The summed E-state index contributed by atoms with van der Waals surface area (Å²) < 4.78 is 36.7. The molecule has 0 aliphatic carbocycles. The summed E-state index contributed by atoms with van der Waals surface area (Å²) in [5.41, 5.74) is 0.0693. The van der Waals surface area contributed by atoms with E-state index in [-0.39, 0.29) is 90.8 Å². The minimum absolute atomic E-state index is 0.0199. The van der Waals surface area contributed by atoms with E-state index in [1.165, 1.54) is 41.8 Å². The Hall–Kier alpha value is -8.31. The maximum absolute atomic E-state index is 15.1. The second kappa shape index (κ2) is 41.3. The molecule has 107 heavy (non-hydrogen) atoms. The predicted molar refractivity (Wildman–Crippen MR) is 386 cm³/mol. The summed E-state index contributed by atoms with van der Waals surface area (Å²) in [6.07, 6.45) is -9.88. The third kappa shape index (κ3) is 23.8. The monoisotopic (exact) mass is 1510 g/mol. The number of carbonyl (C=O) groups excluding carboxylic acids is 8. The fourth-order valence-corrected chi connectivity index (χ4v) is 14.0. The van der Waals surface area contributed by atoms with Gasteiger partial charge in [0, 0.05) is 92.4 Å². The van der Waals surface area contributed by atoms with Crippen LogP contribution in [0.4, 0.5) is 10.5 Å². The lowest BCUT2D eigenvalue weighted by molar-refractivity contribution is -0.387. The summed E-state index contributed by atoms with van der Waals surface area (Å²) >= 11 is 0. The van der Waals surface area contributed by atoms with Crippen LogP contribution < -0.4 is 20.7 Å². The molecule has 8 amide bonds. The number of aliphatic hydroxyl groups excluding tert-OH is 4. The predicted octanol–water partition coefficient (Wildman–Crippen LogP) is 4.25. The number of aromatic nitrogens is 3. The summed E-state index contributed by atoms with van der Waals surface area (Å²) in [7, 11) is 5.85. The van der Waals surface area contributed by atoms with Gasteiger partial charge >= 0.3 is 17.7 Å². The minimum Gasteiger partial charge on any atom is -0.479 e. The molecule has 0 bridgehead atoms. The number of ether oxygens (including phenoxy) is 6. The first kappa shape index (κ1) is 87.6. The molecule has 596 valence electrons. The topological polar surface area (TPSA) is 433 Å². The SMILES string of the molecule is CCC(C)C(C(CC(=O)N1CCCC1C(OC)C(C)C(=O)NC(C)C(O)c1ccccc1)OC)N(C)C(=O)C(NC(=O)C(C(C)C)N(C)C(=O)OC(Cc1cn(CC(C)COCC(C)CNC(=O)CCCCCN2C(=O)CCC2=O)nn1)c1ccc(OC2OC(C(=O)O)C(O)C(O)C2O)c([N+](=O)[O-])c1)C(C)C. The molecule has 33 nitrogen and oxygen atoms in total. The second-order valence-electron chi connectivity index (χ2n) is 29.4. The second-order valence-corrected chi connectivity index (χ2v) is 29.4. The van der Waals surface area contributed by atoms with Crippen molar-refractivity contribution in [1.82, 2.24) is 50.5 Å². The van der Waals surface area contributed by atoms with Crippen molar-refractivity contribution in [2.45, 2.75) is 232 Å². The first-order valence-electron chi connectivity index (χ1n) is 37.0. The number of carboxylic acid groups (broad SMARTS) is 1. The van der Waals surface area contributed by atoms with E-state index in [2.05, 4.69) is 26.3 Å². The molecule has 3 fully saturated rings. The number of benzene rings is 2. The third-order valence-electron chi connectivity index (χ3n) is 20.3. The van der Waals surface area contributed by atoms with E-state index in [0.29, 0.717) is 83.3 Å². The lowest BCUT2D eigenvalue weighted by Gasteiger charge is -2.41. The normalized spacial score (nSPS) is 21.6. The number of amides is 8. The Morgan fingerprint density at radius 1 is 0.813 bits per heavy atom. The van der Waals surface area contributed by atoms with Gasteiger partial charge in [-0.25, -0.2) is 9.59 Å². The Labute approximate surface area is 625 Å². The van der Waals surface area contributed by atoms with Gasteiger partial charge in [-0.15, -0.1) is 5.10 Å². The first-order valence-corrected chi connectivity index (χ1v) is 37.0. The number of aliphatic hydroxyl groups is 4. The van der Waals surface area contributed by atoms with Crippen LogP contribution >= 0.6 is 0 Å². The summed E-state index contributed by atoms with van der Waals surface area (Å²) in [4.78, 5) is 139. The Balaban J connectivity index is 1.15. The number of nitro benzene ring substituents is 1. The zero-order chi connectivity index (χ0) is 79.3. The van der Waals surface area contributed by atoms with Gasteiger partial charge in [-0.05, 0) is 79.4 Å². The highest BCUT2D eigenvalue weighted by atomic mass is 16.7. The maximum Gasteiger partial charge on any atom is 0.410 e. The van der Waals surface area contributed by atoms with Crippen molar-refractivity contribution in [2.75, 3.05) is 61.2 Å². The number of carboxylic acids is 1. The van der Waals surface area contributed by atoms with E-state index in [9.17, 15) is 74.0 Å². The lowest BCUT2D eigenvalue weighted by Crippen LogP contribution is -2.61. The quantitative estimate of drug-likeness (QED) is 0.0170. The van der Waals surface area contributed by atoms with Gasteiger partial charge in [0.15, 0.2) is 11.9 Å². The van der Waals surface area contributed by atoms with Crippen LogP contribution in [-0.4, -0.2) is 253 Å². The molecule has 8 N–H and O–H groups in total. The molecule has 18 unspecified atom stereocenters. The standard InChI is InChI=1S/C74H113N11O22/c1-15-45(8)62(55(102-13)35-59(89)83-32-22-25-51(83)67(103-14)46(9)69(94)76-47(10)63(90)48-23-18-16-19-24-48)80(11)71(96)60(41(2)3)77-70(95)61(42(4)5)81(12)74(99)106-54(49-27-28-53(52(33-49)85(100)101)105-73-66(93)64(91)65(92)68(107-73)72(97)98)34-50-38-82(79-78-50)37-44(7)40-104-39-43(6)36-75-56(86)26-20-17-21-31-84-57(87)29-30-58(84)88/h16,18-19,23-24,27-28,33,38,41-47,51,54-55,60-68,73,90-93H,15,17,20-22,25-26,29-32,34-37,39-40H2,1-14H3,(H,75,86)(H,76,94)(H,77,95)(H,97,98). The van der Waals surface area contributed by atoms with Crippen molar-refractivity contribution in [3.63, 3.8) is 0 Å². The Kier molecular flexibility index (Phi) is 33.8. The average molecular weight is 1510 g/mol. The van der Waals surface area contributed by atoms with E-state index in [0.717, 1.165) is 17.0 Å². The van der Waals surface area contributed by atoms with Gasteiger partial charge in [-0.3, -0.25) is 58.2 Å². The van der Waals surface area contributed by atoms with Crippen LogP contribution in [0.25, 0.3) is 0 Å². The molecule has 2 aromatic carbocycles. The van der Waals surface area contributed by atoms with Crippen LogP contribution in [0.2, 0.25) is 0 Å². The van der Waals surface area contributed by atoms with Crippen molar-refractivity contribution in [3.8, 4) is 5.75 Å². The lowest BCUT2D eigenvalue weighted by atomic mass is 9.89. The van der Waals surface area contributed by atoms with Crippen LogP contribution in [0.5, 0.6) is 5.75 Å². The summed E-state index contributed by atoms with van der Waals surface area (Å²) in [5.74, 6) is -6.99. The van der Waals surface area contributed by atoms with Crippen LogP contribution in [0.15, 0.2) is 54.7 Å². The van der Waals surface area contributed by atoms with Gasteiger partial charge in [0.05, 0.1) is 72.6 Å². The van der Waals surface area contributed by atoms with Gasteiger partial charge in [-0.1, -0.05) is 117 Å². The van der Waals surface area contributed by atoms with Crippen molar-refractivity contribution in [2.24, 2.45) is 35.5 Å². The zero-order valence-corrected chi connectivity index (χ0v) is 64.0. The number of hydrogen-bond donors (Lipinski definition) is 8. The van der Waals surface area contributed by atoms with Crippen molar-refractivity contribution in [1.29, 1.82) is 0 Å². The summed E-state index contributed by atoms with van der Waals surface area (Å²) in [6.45, 7) is 20.0. The molecule has 0 spiro atoms. The molecule has 3 aliphatic heterocycles. The van der Waals surface area contributed by atoms with Gasteiger partial charge in [0.25, 0.3) is 0 Å². The van der Waals surface area contributed by atoms with Crippen molar-refractivity contribution < 1.29 is 102 Å². The highest BCUT2D eigenvalue weighted by Crippen LogP contribution is 2.37. The smallest absolute Gasteiger partial charge is 0.410 e. The van der Waals surface area contributed by atoms with Gasteiger partial charge in [-0.2, -0.15) is 0 Å². The molecule has 0 saturated carbocycles. The van der Waals surface area contributed by atoms with Gasteiger partial charge < -0.3 is 79.7 Å². The summed E-state index contributed by atoms with van der Waals surface area (Å²) in [5, 5.41) is 82.4. The van der Waals surface area contributed by atoms with Crippen molar-refractivity contribution in [3.05, 3.63) is 81.7 Å². The van der Waals surface area contributed by atoms with E-state index >= 15 is 4.79 Å². The molecular formula is C74H113N11O22. The van der Waals surface area contributed by atoms with E-state index in [1.54, 1.807) is 84.0 Å². The molecule has 3 aromatic rings. The zero-order valence-electron chi connectivity index (χ0n) is 64.0. The van der Waals surface area contributed by atoms with Crippen LogP contribution in [0.1, 0.15) is 162 Å². The fraction of sp³-hybridized carbons (Fsp3) is 0.689. The molecule has 3 aliphatic rings. The number of rotatable bonds is 42. The number of nitro groups is 1. The number of carbonyl (C=O) groups is 9. The molecule has 6 rings (SSSR count). The highest BCUT2D eigenvalue weighted by molar-refractivity contribution is 6.02. The molecule has 4 heterocycles. The highest BCUT2D eigenvalue weighted by Gasteiger charge is 2.49. The number of likely N-dealkylation sites (tertiary alicyclic amines) is 2. The van der Waals surface area contributed by atoms with Crippen molar-refractivity contribution >= 4 is 59.1 Å². The Morgan fingerprint density at radius 2 is 1.49 bits per heavy atom. The number of nitrogens with zero attached hydrogens (tertiary/aromatic N) is 8. The molecule has 0 radical (unpaired) electrons. The van der Waals surface area contributed by atoms with Gasteiger partial charge in [0.1, 0.15) is 36.5 Å². The van der Waals surface area contributed by atoms with E-state index in [4.69, 9.17) is 28.4 Å². The molecule has 18 atom stereocenters. The van der Waals surface area contributed by atoms with Crippen LogP contribution in [0, 0.1) is 45.6 Å². The van der Waals surface area contributed by atoms with Gasteiger partial charge in [0.2, 0.25) is 47.6 Å². The molecule has 33 heteroatoms. The largest absolute Gasteiger partial charge is 0.479 e.